The van der Waals surface area contributed by atoms with E-state index in [0.29, 0.717) is 18.4 Å². The summed E-state index contributed by atoms with van der Waals surface area (Å²) >= 11 is 1.93. The van der Waals surface area contributed by atoms with Crippen LogP contribution in [-0.4, -0.2) is 37.1 Å². The van der Waals surface area contributed by atoms with Gasteiger partial charge < -0.3 is 10.5 Å². The van der Waals surface area contributed by atoms with Crippen LogP contribution in [0.15, 0.2) is 4.99 Å². The number of thioether (sulfide) groups is 1. The van der Waals surface area contributed by atoms with Crippen molar-refractivity contribution in [3.05, 3.63) is 0 Å². The molecule has 76 valence electrons. The molecule has 0 aromatic rings. The van der Waals surface area contributed by atoms with E-state index < -0.39 is 0 Å². The number of aliphatic imine (C=N–C) groups is 1. The summed E-state index contributed by atoms with van der Waals surface area (Å²) in [5.41, 5.74) is 5.86. The van der Waals surface area contributed by atoms with Crippen LogP contribution in [0.1, 0.15) is 19.3 Å². The molecule has 0 amide bonds. The normalized spacial score (nSPS) is 24.7. The first-order valence-electron chi connectivity index (χ1n) is 4.75. The Bertz CT molecular complexity index is 167. The Kier molecular flexibility index (Phi) is 5.23. The number of nitrogens with two attached hydrogens (primary N) is 1. The van der Waals surface area contributed by atoms with Crippen molar-refractivity contribution in [1.82, 2.24) is 0 Å². The molecule has 1 aliphatic heterocycles. The topological polar surface area (TPSA) is 47.6 Å². The largest absolute Gasteiger partial charge is 0.387 e. The van der Waals surface area contributed by atoms with Gasteiger partial charge in [-0.2, -0.15) is 11.8 Å². The van der Waals surface area contributed by atoms with Gasteiger partial charge in [-0.1, -0.05) is 6.42 Å². The number of amidine groups is 1. The number of methoxy groups -OCH3 is 1. The van der Waals surface area contributed by atoms with Gasteiger partial charge in [0.25, 0.3) is 0 Å². The maximum Gasteiger partial charge on any atom is 0.107 e. The molecule has 2 N–H and O–H groups in total. The molecule has 4 heteroatoms. The molecule has 1 atom stereocenters. The Hall–Kier alpha value is -0.220. The van der Waals surface area contributed by atoms with Crippen molar-refractivity contribution >= 4 is 17.6 Å². The maximum atomic E-state index is 5.86. The van der Waals surface area contributed by atoms with Gasteiger partial charge in [0, 0.05) is 7.11 Å². The molecule has 1 heterocycles. The maximum absolute atomic E-state index is 5.86. The van der Waals surface area contributed by atoms with Crippen molar-refractivity contribution in [2.75, 3.05) is 26.0 Å². The fraction of sp³-hybridized carbons (Fsp3) is 0.889. The third kappa shape index (κ3) is 4.00. The van der Waals surface area contributed by atoms with E-state index in [1.165, 1.54) is 25.0 Å². The monoisotopic (exact) mass is 202 g/mol. The third-order valence-electron chi connectivity index (χ3n) is 2.10. The number of ether oxygens (including phenoxy) is 1. The molecule has 0 bridgehead atoms. The van der Waals surface area contributed by atoms with Crippen molar-refractivity contribution < 1.29 is 4.74 Å². The van der Waals surface area contributed by atoms with Crippen LogP contribution in [0.2, 0.25) is 0 Å². The third-order valence-corrected chi connectivity index (χ3v) is 3.50. The van der Waals surface area contributed by atoms with Crippen molar-refractivity contribution in [3.8, 4) is 0 Å². The Morgan fingerprint density at radius 3 is 3.08 bits per heavy atom. The molecule has 3 nitrogen and oxygen atoms in total. The van der Waals surface area contributed by atoms with E-state index >= 15 is 0 Å². The van der Waals surface area contributed by atoms with Crippen molar-refractivity contribution in [1.29, 1.82) is 0 Å². The van der Waals surface area contributed by atoms with Crippen molar-refractivity contribution in [3.63, 3.8) is 0 Å². The van der Waals surface area contributed by atoms with Crippen molar-refractivity contribution in [2.45, 2.75) is 24.5 Å². The summed E-state index contributed by atoms with van der Waals surface area (Å²) in [6, 6.07) is 0. The van der Waals surface area contributed by atoms with Gasteiger partial charge in [-0.25, -0.2) is 0 Å². The van der Waals surface area contributed by atoms with E-state index in [9.17, 15) is 0 Å². The van der Waals surface area contributed by atoms with Crippen LogP contribution in [0.3, 0.4) is 0 Å². The Balaban J connectivity index is 2.27. The molecule has 0 aromatic heterocycles. The first-order chi connectivity index (χ1) is 6.34. The zero-order chi connectivity index (χ0) is 9.52. The number of hydrogen-bond acceptors (Lipinski definition) is 3. The molecular weight excluding hydrogens is 184 g/mol. The molecular formula is C9H18N2OS. The van der Waals surface area contributed by atoms with Crippen LogP contribution in [-0.2, 0) is 4.74 Å². The molecule has 1 fully saturated rings. The van der Waals surface area contributed by atoms with Gasteiger partial charge in [0.1, 0.15) is 5.84 Å². The summed E-state index contributed by atoms with van der Waals surface area (Å²) in [5.74, 6) is 2.03. The van der Waals surface area contributed by atoms with Gasteiger partial charge in [0.15, 0.2) is 0 Å². The van der Waals surface area contributed by atoms with Gasteiger partial charge in [0.2, 0.25) is 0 Å². The predicted molar refractivity (Wildman–Crippen MR) is 58.5 cm³/mol. The van der Waals surface area contributed by atoms with E-state index in [4.69, 9.17) is 10.5 Å². The van der Waals surface area contributed by atoms with E-state index in [0.717, 1.165) is 5.84 Å². The van der Waals surface area contributed by atoms with Crippen LogP contribution in [0.4, 0.5) is 0 Å². The van der Waals surface area contributed by atoms with Crippen molar-refractivity contribution in [2.24, 2.45) is 10.7 Å². The summed E-state index contributed by atoms with van der Waals surface area (Å²) in [6.07, 6.45) is 3.80. The molecule has 0 aliphatic carbocycles. The average molecular weight is 202 g/mol. The fourth-order valence-electron chi connectivity index (χ4n) is 1.34. The SMILES string of the molecule is COCCN=C(N)C1CCCCS1. The molecule has 0 saturated carbocycles. The molecule has 0 spiro atoms. The van der Waals surface area contributed by atoms with Crippen LogP contribution < -0.4 is 5.73 Å². The van der Waals surface area contributed by atoms with E-state index in [1.807, 2.05) is 11.8 Å². The van der Waals surface area contributed by atoms with Gasteiger partial charge in [-0.3, -0.25) is 4.99 Å². The lowest BCUT2D eigenvalue weighted by Gasteiger charge is -2.20. The predicted octanol–water partition coefficient (Wildman–Crippen LogP) is 1.28. The first kappa shape index (κ1) is 10.9. The van der Waals surface area contributed by atoms with Crippen LogP contribution in [0.5, 0.6) is 0 Å². The molecule has 1 rings (SSSR count). The average Bonchev–Trinajstić information content (AvgIpc) is 2.19. The highest BCUT2D eigenvalue weighted by Gasteiger charge is 2.16. The molecule has 13 heavy (non-hydrogen) atoms. The summed E-state index contributed by atoms with van der Waals surface area (Å²) in [6.45, 7) is 1.36. The molecule has 1 aliphatic rings. The second-order valence-electron chi connectivity index (χ2n) is 3.15. The van der Waals surface area contributed by atoms with E-state index in [2.05, 4.69) is 4.99 Å². The molecule has 1 saturated heterocycles. The Labute approximate surface area is 84.1 Å². The zero-order valence-electron chi connectivity index (χ0n) is 8.16. The second-order valence-corrected chi connectivity index (χ2v) is 4.47. The zero-order valence-corrected chi connectivity index (χ0v) is 8.98. The first-order valence-corrected chi connectivity index (χ1v) is 5.80. The number of hydrogen-bond donors (Lipinski definition) is 1. The summed E-state index contributed by atoms with van der Waals surface area (Å²) in [4.78, 5) is 4.29. The molecule has 1 unspecified atom stereocenters. The second kappa shape index (κ2) is 6.27. The van der Waals surface area contributed by atoms with Gasteiger partial charge >= 0.3 is 0 Å². The minimum absolute atomic E-state index is 0.464. The highest BCUT2D eigenvalue weighted by atomic mass is 32.2. The minimum atomic E-state index is 0.464. The van der Waals surface area contributed by atoms with Crippen LogP contribution in [0, 0.1) is 0 Å². The summed E-state index contributed by atoms with van der Waals surface area (Å²) in [5, 5.41) is 0.464. The van der Waals surface area contributed by atoms with E-state index in [-0.39, 0.29) is 0 Å². The Morgan fingerprint density at radius 1 is 1.62 bits per heavy atom. The quantitative estimate of drug-likeness (QED) is 0.424. The minimum Gasteiger partial charge on any atom is -0.387 e. The Morgan fingerprint density at radius 2 is 2.46 bits per heavy atom. The van der Waals surface area contributed by atoms with Crippen LogP contribution >= 0.6 is 11.8 Å². The fourth-order valence-corrected chi connectivity index (χ4v) is 2.58. The van der Waals surface area contributed by atoms with Crippen LogP contribution in [0.25, 0.3) is 0 Å². The summed E-state index contributed by atoms with van der Waals surface area (Å²) < 4.78 is 4.91. The van der Waals surface area contributed by atoms with Gasteiger partial charge in [-0.05, 0) is 18.6 Å². The highest BCUT2D eigenvalue weighted by molar-refractivity contribution is 8.00. The smallest absolute Gasteiger partial charge is 0.107 e. The van der Waals surface area contributed by atoms with E-state index in [1.54, 1.807) is 7.11 Å². The standard InChI is InChI=1S/C9H18N2OS/c1-12-6-5-11-9(10)8-4-2-3-7-13-8/h8H,2-7H2,1H3,(H2,10,11). The number of rotatable bonds is 4. The molecule has 0 radical (unpaired) electrons. The van der Waals surface area contributed by atoms with Gasteiger partial charge in [0.05, 0.1) is 18.4 Å². The lowest BCUT2D eigenvalue weighted by atomic mass is 10.2. The number of nitrogens with zero attached hydrogens (tertiary/aromatic N) is 1. The van der Waals surface area contributed by atoms with Gasteiger partial charge in [-0.15, -0.1) is 0 Å². The highest BCUT2D eigenvalue weighted by Crippen LogP contribution is 2.24. The lowest BCUT2D eigenvalue weighted by molar-refractivity contribution is 0.208. The molecule has 0 aromatic carbocycles. The summed E-state index contributed by atoms with van der Waals surface area (Å²) in [7, 11) is 1.68. The lowest BCUT2D eigenvalue weighted by Crippen LogP contribution is -2.29.